The van der Waals surface area contributed by atoms with Crippen molar-refractivity contribution in [3.05, 3.63) is 60.8 Å². The van der Waals surface area contributed by atoms with E-state index in [1.165, 1.54) is 26.2 Å². The molecule has 4 aromatic heterocycles. The Balaban J connectivity index is 1.27. The number of hydrogen-bond donors (Lipinski definition) is 3. The third-order valence-electron chi connectivity index (χ3n) is 7.99. The highest BCUT2D eigenvalue weighted by atomic mass is 32.2. The molecule has 4 aromatic rings. The van der Waals surface area contributed by atoms with Crippen LogP contribution in [0.5, 0.6) is 0 Å². The second-order valence-electron chi connectivity index (χ2n) is 12.2. The van der Waals surface area contributed by atoms with E-state index < -0.39 is 21.3 Å². The number of aliphatic hydroxyl groups is 1. The summed E-state index contributed by atoms with van der Waals surface area (Å²) in [6.45, 7) is 4.86. The molecule has 0 unspecified atom stereocenters. The summed E-state index contributed by atoms with van der Waals surface area (Å²) in [6, 6.07) is 7.24. The van der Waals surface area contributed by atoms with E-state index in [4.69, 9.17) is 0 Å². The first kappa shape index (κ1) is 29.1. The van der Waals surface area contributed by atoms with Crippen LogP contribution in [-0.2, 0) is 15.7 Å². The normalized spacial score (nSPS) is 21.0. The molecule has 4 heterocycles. The summed E-state index contributed by atoms with van der Waals surface area (Å²) in [4.78, 5) is 18.0. The molecule has 0 spiro atoms. The Hall–Kier alpha value is -3.97. The molecule has 0 bridgehead atoms. The monoisotopic (exact) mass is 606 g/mol. The van der Waals surface area contributed by atoms with Crippen LogP contribution in [0.25, 0.3) is 22.6 Å². The first-order valence-corrected chi connectivity index (χ1v) is 15.9. The molecule has 11 nitrogen and oxygen atoms in total. The lowest BCUT2D eigenvalue weighted by atomic mass is 9.83. The maximum atomic E-state index is 14.5. The molecule has 226 valence electrons. The van der Waals surface area contributed by atoms with Gasteiger partial charge in [-0.2, -0.15) is 9.19 Å². The number of hydrogen-bond acceptors (Lipinski definition) is 10. The van der Waals surface area contributed by atoms with Gasteiger partial charge in [0.2, 0.25) is 0 Å². The van der Waals surface area contributed by atoms with Gasteiger partial charge in [0.05, 0.1) is 34.5 Å². The number of nitrogens with zero attached hydrogens (tertiary/aromatic N) is 6. The van der Waals surface area contributed by atoms with Crippen LogP contribution in [0.1, 0.15) is 64.9 Å². The molecular weight excluding hydrogens is 571 g/mol. The molecule has 3 N–H and O–H groups in total. The zero-order valence-electron chi connectivity index (χ0n) is 24.3. The molecule has 2 aliphatic rings. The summed E-state index contributed by atoms with van der Waals surface area (Å²) in [5.74, 6) is 1.31. The van der Waals surface area contributed by atoms with Crippen molar-refractivity contribution in [1.82, 2.24) is 29.1 Å². The van der Waals surface area contributed by atoms with Gasteiger partial charge >= 0.3 is 0 Å². The zero-order chi connectivity index (χ0) is 30.4. The van der Waals surface area contributed by atoms with Crippen molar-refractivity contribution >= 4 is 27.3 Å². The van der Waals surface area contributed by atoms with E-state index in [0.717, 1.165) is 28.2 Å². The van der Waals surface area contributed by atoms with E-state index in [1.807, 2.05) is 13.0 Å². The molecule has 0 atom stereocenters. The highest BCUT2D eigenvalue weighted by molar-refractivity contribution is 7.90. The van der Waals surface area contributed by atoms with Gasteiger partial charge < -0.3 is 15.7 Å². The van der Waals surface area contributed by atoms with Crippen LogP contribution in [0.15, 0.2) is 55.2 Å². The number of alkyl halides is 1. The van der Waals surface area contributed by atoms with Crippen molar-refractivity contribution in [2.24, 2.45) is 0 Å². The fourth-order valence-corrected chi connectivity index (χ4v) is 6.61. The topological polar surface area (TPSA) is 148 Å². The molecule has 13 heteroatoms. The third kappa shape index (κ3) is 6.52. The second kappa shape index (κ2) is 10.9. The number of pyridine rings is 2. The van der Waals surface area contributed by atoms with Crippen molar-refractivity contribution in [2.45, 2.75) is 81.9 Å². The van der Waals surface area contributed by atoms with Crippen LogP contribution < -0.4 is 10.6 Å². The average molecular weight is 607 g/mol. The molecule has 0 aliphatic heterocycles. The van der Waals surface area contributed by atoms with Crippen LogP contribution in [-0.4, -0.2) is 59.5 Å². The van der Waals surface area contributed by atoms with Crippen molar-refractivity contribution in [2.75, 3.05) is 10.6 Å². The summed E-state index contributed by atoms with van der Waals surface area (Å²) in [5, 5.41) is 20.9. The van der Waals surface area contributed by atoms with Crippen LogP contribution in [0.4, 0.5) is 21.7 Å². The number of aromatic nitrogens is 6. The Kier molecular flexibility index (Phi) is 7.41. The largest absolute Gasteiger partial charge is 0.390 e. The summed E-state index contributed by atoms with van der Waals surface area (Å²) in [7, 11) is -3.49. The molecule has 6 rings (SSSR count). The van der Waals surface area contributed by atoms with E-state index in [-0.39, 0.29) is 11.3 Å². The molecule has 2 saturated carbocycles. The van der Waals surface area contributed by atoms with Crippen LogP contribution in [0, 0.1) is 0 Å². The summed E-state index contributed by atoms with van der Waals surface area (Å²) in [5.41, 5.74) is 1.02. The molecule has 2 aliphatic carbocycles. The zero-order valence-corrected chi connectivity index (χ0v) is 25.1. The van der Waals surface area contributed by atoms with E-state index in [9.17, 15) is 17.9 Å². The lowest BCUT2D eigenvalue weighted by Gasteiger charge is -2.34. The van der Waals surface area contributed by atoms with Crippen LogP contribution in [0.2, 0.25) is 0 Å². The summed E-state index contributed by atoms with van der Waals surface area (Å²) < 4.78 is 40.5. The predicted molar refractivity (Wildman–Crippen MR) is 162 cm³/mol. The van der Waals surface area contributed by atoms with Crippen LogP contribution >= 0.6 is 0 Å². The minimum atomic E-state index is -3.49. The highest BCUT2D eigenvalue weighted by Crippen LogP contribution is 2.35. The molecule has 0 saturated heterocycles. The highest BCUT2D eigenvalue weighted by Gasteiger charge is 2.37. The van der Waals surface area contributed by atoms with Crippen LogP contribution in [0.3, 0.4) is 0 Å². The Morgan fingerprint density at radius 3 is 2.47 bits per heavy atom. The Morgan fingerprint density at radius 2 is 1.79 bits per heavy atom. The molecule has 0 aromatic carbocycles. The second-order valence-corrected chi connectivity index (χ2v) is 14.2. The SMILES string of the molecule is CC1(O)CCC(Nc2cc(Nc3ccnc(-c4cnn(S(=O)(=O)C5CC5)c4)n3)ncc2-c2ccc(C(C)(C)F)cn2)CC1. The number of nitrogens with one attached hydrogen (secondary N) is 2. The van der Waals surface area contributed by atoms with Gasteiger partial charge in [0.15, 0.2) is 5.82 Å². The maximum Gasteiger partial charge on any atom is 0.256 e. The van der Waals surface area contributed by atoms with Gasteiger partial charge in [0.1, 0.15) is 17.3 Å². The van der Waals surface area contributed by atoms with E-state index in [1.54, 1.807) is 36.8 Å². The van der Waals surface area contributed by atoms with Gasteiger partial charge in [-0.1, -0.05) is 6.07 Å². The number of rotatable bonds is 9. The van der Waals surface area contributed by atoms with Crippen molar-refractivity contribution < 1.29 is 17.9 Å². The number of anilines is 3. The average Bonchev–Trinajstić information content (AvgIpc) is 3.71. The molecule has 2 fully saturated rings. The third-order valence-corrected chi connectivity index (χ3v) is 10.0. The summed E-state index contributed by atoms with van der Waals surface area (Å²) >= 11 is 0. The minimum absolute atomic E-state index is 0.146. The Labute approximate surface area is 250 Å². The van der Waals surface area contributed by atoms with E-state index >= 15 is 0 Å². The Bertz CT molecular complexity index is 1720. The first-order chi connectivity index (χ1) is 20.4. The standard InChI is InChI=1S/C30H35FN8O3S/c1-29(2,31)20-4-7-24(33-16-20)23-17-34-27(14-25(23)36-21-8-11-30(3,40)12-9-21)37-26-10-13-32-28(38-26)19-15-35-39(18-19)43(41,42)22-5-6-22/h4,7,10,13-18,21-22,40H,5-6,8-9,11-12H2,1-3H3,(H2,32,34,36,37,38). The van der Waals surface area contributed by atoms with Gasteiger partial charge in [-0.05, 0) is 71.4 Å². The molecule has 0 amide bonds. The maximum absolute atomic E-state index is 14.5. The number of halogens is 1. The predicted octanol–water partition coefficient (Wildman–Crippen LogP) is 5.19. The van der Waals surface area contributed by atoms with Crippen molar-refractivity contribution in [3.63, 3.8) is 0 Å². The molecular formula is C30H35FN8O3S. The van der Waals surface area contributed by atoms with Gasteiger partial charge in [-0.25, -0.2) is 27.8 Å². The van der Waals surface area contributed by atoms with E-state index in [2.05, 4.69) is 35.7 Å². The summed E-state index contributed by atoms with van der Waals surface area (Å²) in [6.07, 6.45) is 12.0. The van der Waals surface area contributed by atoms with Gasteiger partial charge in [-0.3, -0.25) is 4.98 Å². The Morgan fingerprint density at radius 1 is 1.02 bits per heavy atom. The molecule has 43 heavy (non-hydrogen) atoms. The van der Waals surface area contributed by atoms with Gasteiger partial charge in [0, 0.05) is 47.5 Å². The smallest absolute Gasteiger partial charge is 0.256 e. The molecule has 0 radical (unpaired) electrons. The fraction of sp³-hybridized carbons (Fsp3) is 0.433. The van der Waals surface area contributed by atoms with Crippen molar-refractivity contribution in [1.29, 1.82) is 0 Å². The lowest BCUT2D eigenvalue weighted by Crippen LogP contribution is -2.35. The van der Waals surface area contributed by atoms with Gasteiger partial charge in [-0.15, -0.1) is 0 Å². The van der Waals surface area contributed by atoms with Gasteiger partial charge in [0.25, 0.3) is 10.0 Å². The van der Waals surface area contributed by atoms with Crippen molar-refractivity contribution in [3.8, 4) is 22.6 Å². The lowest BCUT2D eigenvalue weighted by molar-refractivity contribution is 0.0196. The first-order valence-electron chi connectivity index (χ1n) is 14.4. The quantitative estimate of drug-likeness (QED) is 0.232. The minimum Gasteiger partial charge on any atom is -0.390 e. The van der Waals surface area contributed by atoms with E-state index in [0.29, 0.717) is 60.0 Å². The fourth-order valence-electron chi connectivity index (χ4n) is 5.13.